The van der Waals surface area contributed by atoms with E-state index in [2.05, 4.69) is 26.4 Å². The number of aryl methyl sites for hydroxylation is 2. The predicted octanol–water partition coefficient (Wildman–Crippen LogP) is 3.48. The summed E-state index contributed by atoms with van der Waals surface area (Å²) in [4.78, 5) is 2.72. The molecule has 1 unspecified atom stereocenters. The molecule has 130 valence electrons. The third kappa shape index (κ3) is 3.88. The first-order valence-electron chi connectivity index (χ1n) is 8.30. The van der Waals surface area contributed by atoms with Gasteiger partial charge in [-0.25, -0.2) is 13.1 Å². The molecule has 0 amide bonds. The highest BCUT2D eigenvalue weighted by molar-refractivity contribution is 7.89. The van der Waals surface area contributed by atoms with Gasteiger partial charge in [-0.2, -0.15) is 11.3 Å². The molecule has 0 bridgehead atoms. The van der Waals surface area contributed by atoms with Gasteiger partial charge in [-0.05, 0) is 85.4 Å². The predicted molar refractivity (Wildman–Crippen MR) is 99.0 cm³/mol. The normalized spacial score (nSPS) is 17.2. The van der Waals surface area contributed by atoms with Gasteiger partial charge in [-0.15, -0.1) is 0 Å². The molecule has 1 fully saturated rings. The van der Waals surface area contributed by atoms with Crippen molar-refractivity contribution in [3.63, 3.8) is 0 Å². The highest BCUT2D eigenvalue weighted by atomic mass is 32.2. The second-order valence-corrected chi connectivity index (χ2v) is 8.96. The molecule has 1 atom stereocenters. The molecule has 1 aromatic heterocycles. The van der Waals surface area contributed by atoms with Gasteiger partial charge in [0.15, 0.2) is 0 Å². The average Bonchev–Trinajstić information content (AvgIpc) is 3.24. The quantitative estimate of drug-likeness (QED) is 0.854. The van der Waals surface area contributed by atoms with Gasteiger partial charge in [0, 0.05) is 12.6 Å². The SMILES string of the molecule is Cc1ccc(S(=O)(=O)NCC(c2ccsc2)N2CCCC2)cc1C. The molecule has 1 saturated heterocycles. The Bertz CT molecular complexity index is 779. The van der Waals surface area contributed by atoms with Crippen LogP contribution < -0.4 is 4.72 Å². The monoisotopic (exact) mass is 364 g/mol. The van der Waals surface area contributed by atoms with Gasteiger partial charge in [0.25, 0.3) is 0 Å². The van der Waals surface area contributed by atoms with E-state index in [1.165, 1.54) is 18.4 Å². The van der Waals surface area contributed by atoms with Crippen molar-refractivity contribution in [2.24, 2.45) is 0 Å². The summed E-state index contributed by atoms with van der Waals surface area (Å²) in [5.41, 5.74) is 3.29. The Morgan fingerprint density at radius 1 is 1.17 bits per heavy atom. The first kappa shape index (κ1) is 17.6. The highest BCUT2D eigenvalue weighted by Crippen LogP contribution is 2.26. The third-order valence-electron chi connectivity index (χ3n) is 4.76. The zero-order valence-electron chi connectivity index (χ0n) is 14.2. The van der Waals surface area contributed by atoms with Gasteiger partial charge in [0.05, 0.1) is 4.90 Å². The minimum atomic E-state index is -3.49. The largest absolute Gasteiger partial charge is 0.295 e. The fraction of sp³-hybridized carbons (Fsp3) is 0.444. The van der Waals surface area contributed by atoms with Crippen molar-refractivity contribution in [1.82, 2.24) is 9.62 Å². The number of nitrogens with one attached hydrogen (secondary N) is 1. The number of thiophene rings is 1. The van der Waals surface area contributed by atoms with Crippen LogP contribution in [0.15, 0.2) is 39.9 Å². The second kappa shape index (κ2) is 7.35. The minimum Gasteiger partial charge on any atom is -0.295 e. The summed E-state index contributed by atoms with van der Waals surface area (Å²) in [7, 11) is -3.49. The maximum atomic E-state index is 12.7. The van der Waals surface area contributed by atoms with Crippen LogP contribution in [-0.4, -0.2) is 33.0 Å². The van der Waals surface area contributed by atoms with E-state index >= 15 is 0 Å². The standard InChI is InChI=1S/C18H24N2O2S2/c1-14-5-6-17(11-15(14)2)24(21,22)19-12-18(16-7-10-23-13-16)20-8-3-4-9-20/h5-7,10-11,13,18-19H,3-4,8-9,12H2,1-2H3. The molecule has 24 heavy (non-hydrogen) atoms. The molecule has 1 N–H and O–H groups in total. The number of sulfonamides is 1. The van der Waals surface area contributed by atoms with E-state index in [4.69, 9.17) is 0 Å². The Morgan fingerprint density at radius 3 is 2.54 bits per heavy atom. The summed E-state index contributed by atoms with van der Waals surface area (Å²) >= 11 is 1.66. The van der Waals surface area contributed by atoms with Crippen LogP contribution in [0.4, 0.5) is 0 Å². The first-order valence-corrected chi connectivity index (χ1v) is 10.7. The van der Waals surface area contributed by atoms with E-state index in [-0.39, 0.29) is 6.04 Å². The zero-order valence-corrected chi connectivity index (χ0v) is 15.8. The fourth-order valence-corrected chi connectivity index (χ4v) is 4.96. The van der Waals surface area contributed by atoms with Crippen molar-refractivity contribution >= 4 is 21.4 Å². The molecule has 4 nitrogen and oxygen atoms in total. The molecule has 6 heteroatoms. The molecule has 3 rings (SSSR count). The Hall–Kier alpha value is -1.21. The Kier molecular flexibility index (Phi) is 5.39. The summed E-state index contributed by atoms with van der Waals surface area (Å²) in [6, 6.07) is 7.49. The molecule has 0 spiro atoms. The number of hydrogen-bond acceptors (Lipinski definition) is 4. The number of likely N-dealkylation sites (tertiary alicyclic amines) is 1. The third-order valence-corrected chi connectivity index (χ3v) is 6.89. The molecule has 2 heterocycles. The zero-order chi connectivity index (χ0) is 17.2. The first-order chi connectivity index (χ1) is 11.5. The summed E-state index contributed by atoms with van der Waals surface area (Å²) in [6.07, 6.45) is 2.37. The summed E-state index contributed by atoms with van der Waals surface area (Å²) < 4.78 is 28.1. The van der Waals surface area contributed by atoms with Crippen LogP contribution in [0.1, 0.15) is 35.6 Å². The number of rotatable bonds is 6. The fourth-order valence-electron chi connectivity index (χ4n) is 3.13. The molecule has 0 radical (unpaired) electrons. The van der Waals surface area contributed by atoms with Crippen LogP contribution in [0.25, 0.3) is 0 Å². The number of benzene rings is 1. The number of nitrogens with zero attached hydrogens (tertiary/aromatic N) is 1. The Labute approximate surface area is 148 Å². The molecule has 2 aromatic rings. The van der Waals surface area contributed by atoms with E-state index < -0.39 is 10.0 Å². The van der Waals surface area contributed by atoms with Crippen LogP contribution in [0.3, 0.4) is 0 Å². The van der Waals surface area contributed by atoms with Crippen molar-refractivity contribution in [2.45, 2.75) is 37.6 Å². The maximum absolute atomic E-state index is 12.7. The topological polar surface area (TPSA) is 49.4 Å². The molecule has 0 saturated carbocycles. The van der Waals surface area contributed by atoms with Gasteiger partial charge in [-0.1, -0.05) is 6.07 Å². The van der Waals surface area contributed by atoms with Gasteiger partial charge in [0.1, 0.15) is 0 Å². The van der Waals surface area contributed by atoms with Crippen molar-refractivity contribution in [3.8, 4) is 0 Å². The lowest BCUT2D eigenvalue weighted by atomic mass is 10.1. The smallest absolute Gasteiger partial charge is 0.240 e. The van der Waals surface area contributed by atoms with E-state index in [0.717, 1.165) is 24.2 Å². The van der Waals surface area contributed by atoms with Crippen LogP contribution in [0, 0.1) is 13.8 Å². The maximum Gasteiger partial charge on any atom is 0.240 e. The molecule has 1 aliphatic rings. The second-order valence-electron chi connectivity index (χ2n) is 6.41. The summed E-state index contributed by atoms with van der Waals surface area (Å²) in [6.45, 7) is 6.40. The van der Waals surface area contributed by atoms with Crippen LogP contribution in [-0.2, 0) is 10.0 Å². The van der Waals surface area contributed by atoms with Crippen LogP contribution in [0.2, 0.25) is 0 Å². The van der Waals surface area contributed by atoms with Gasteiger partial charge < -0.3 is 0 Å². The summed E-state index contributed by atoms with van der Waals surface area (Å²) in [5, 5.41) is 4.17. The average molecular weight is 365 g/mol. The van der Waals surface area contributed by atoms with E-state index in [0.29, 0.717) is 11.4 Å². The van der Waals surface area contributed by atoms with Crippen LogP contribution >= 0.6 is 11.3 Å². The number of hydrogen-bond donors (Lipinski definition) is 1. The van der Waals surface area contributed by atoms with Gasteiger partial charge in [0.2, 0.25) is 10.0 Å². The van der Waals surface area contributed by atoms with Crippen molar-refractivity contribution in [2.75, 3.05) is 19.6 Å². The minimum absolute atomic E-state index is 0.111. The van der Waals surface area contributed by atoms with Crippen molar-refractivity contribution in [3.05, 3.63) is 51.7 Å². The lowest BCUT2D eigenvalue weighted by molar-refractivity contribution is 0.247. The lowest BCUT2D eigenvalue weighted by Gasteiger charge is -2.27. The molecular formula is C18H24N2O2S2. The van der Waals surface area contributed by atoms with Gasteiger partial charge >= 0.3 is 0 Å². The lowest BCUT2D eigenvalue weighted by Crippen LogP contribution is -2.36. The van der Waals surface area contributed by atoms with E-state index in [9.17, 15) is 8.42 Å². The van der Waals surface area contributed by atoms with Crippen molar-refractivity contribution in [1.29, 1.82) is 0 Å². The Balaban J connectivity index is 1.76. The molecule has 0 aliphatic carbocycles. The molecule has 1 aromatic carbocycles. The summed E-state index contributed by atoms with van der Waals surface area (Å²) in [5.74, 6) is 0. The Morgan fingerprint density at radius 2 is 1.92 bits per heavy atom. The van der Waals surface area contributed by atoms with E-state index in [1.807, 2.05) is 19.9 Å². The van der Waals surface area contributed by atoms with Gasteiger partial charge in [-0.3, -0.25) is 4.90 Å². The van der Waals surface area contributed by atoms with E-state index in [1.54, 1.807) is 23.5 Å². The molecule has 1 aliphatic heterocycles. The van der Waals surface area contributed by atoms with Crippen molar-refractivity contribution < 1.29 is 8.42 Å². The highest BCUT2D eigenvalue weighted by Gasteiger charge is 2.26. The molecular weight excluding hydrogens is 340 g/mol. The van der Waals surface area contributed by atoms with Crippen LogP contribution in [0.5, 0.6) is 0 Å².